The van der Waals surface area contributed by atoms with E-state index in [4.69, 9.17) is 9.47 Å². The first-order valence-electron chi connectivity index (χ1n) is 6.70. The molecule has 1 amide bonds. The van der Waals surface area contributed by atoms with E-state index in [2.05, 4.69) is 17.6 Å². The van der Waals surface area contributed by atoms with Crippen molar-refractivity contribution in [1.82, 2.24) is 5.32 Å². The monoisotopic (exact) mass is 264 g/mol. The summed E-state index contributed by atoms with van der Waals surface area (Å²) in [6.45, 7) is 3.61. The number of unbranched alkanes of at least 4 members (excludes halogenated alkanes) is 2. The Morgan fingerprint density at radius 3 is 2.95 bits per heavy atom. The molecule has 1 aliphatic heterocycles. The van der Waals surface area contributed by atoms with Crippen molar-refractivity contribution in [2.24, 2.45) is 0 Å². The highest BCUT2D eigenvalue weighted by molar-refractivity contribution is 5.92. The molecule has 104 valence electrons. The number of anilines is 1. The fourth-order valence-electron chi connectivity index (χ4n) is 1.88. The van der Waals surface area contributed by atoms with Gasteiger partial charge >= 0.3 is 0 Å². The van der Waals surface area contributed by atoms with Gasteiger partial charge in [0.15, 0.2) is 11.5 Å². The van der Waals surface area contributed by atoms with Crippen molar-refractivity contribution in [3.8, 4) is 11.5 Å². The second-order valence-corrected chi connectivity index (χ2v) is 4.50. The Morgan fingerprint density at radius 2 is 2.11 bits per heavy atom. The molecule has 1 aliphatic rings. The summed E-state index contributed by atoms with van der Waals surface area (Å²) in [6.07, 6.45) is 3.48. The van der Waals surface area contributed by atoms with Crippen molar-refractivity contribution in [2.45, 2.75) is 26.2 Å². The fourth-order valence-corrected chi connectivity index (χ4v) is 1.88. The maximum Gasteiger partial charge on any atom is 0.238 e. The van der Waals surface area contributed by atoms with Gasteiger partial charge in [-0.25, -0.2) is 0 Å². The highest BCUT2D eigenvalue weighted by Gasteiger charge is 2.13. The number of benzene rings is 1. The summed E-state index contributed by atoms with van der Waals surface area (Å²) in [7, 11) is 0. The topological polar surface area (TPSA) is 59.6 Å². The lowest BCUT2D eigenvalue weighted by Crippen LogP contribution is -2.28. The number of amides is 1. The third-order valence-electron chi connectivity index (χ3n) is 2.90. The summed E-state index contributed by atoms with van der Waals surface area (Å²) in [5, 5.41) is 5.95. The summed E-state index contributed by atoms with van der Waals surface area (Å²) < 4.78 is 10.5. The number of carbonyl (C=O) groups is 1. The number of ether oxygens (including phenoxy) is 2. The minimum Gasteiger partial charge on any atom is -0.454 e. The molecule has 5 nitrogen and oxygen atoms in total. The number of hydrogen-bond donors (Lipinski definition) is 2. The van der Waals surface area contributed by atoms with Crippen LogP contribution in [-0.4, -0.2) is 25.8 Å². The predicted octanol–water partition coefficient (Wildman–Crippen LogP) is 2.13. The number of nitrogens with one attached hydrogen (secondary N) is 2. The molecule has 19 heavy (non-hydrogen) atoms. The van der Waals surface area contributed by atoms with E-state index in [1.54, 1.807) is 12.1 Å². The Bertz CT molecular complexity index is 435. The average Bonchev–Trinajstić information content (AvgIpc) is 2.86. The molecule has 0 aliphatic carbocycles. The highest BCUT2D eigenvalue weighted by atomic mass is 16.7. The van der Waals surface area contributed by atoms with Gasteiger partial charge in [-0.3, -0.25) is 4.79 Å². The second-order valence-electron chi connectivity index (χ2n) is 4.50. The fraction of sp³-hybridized carbons (Fsp3) is 0.500. The number of hydrogen-bond acceptors (Lipinski definition) is 4. The van der Waals surface area contributed by atoms with Gasteiger partial charge in [-0.1, -0.05) is 19.8 Å². The molecule has 1 aromatic carbocycles. The van der Waals surface area contributed by atoms with Gasteiger partial charge in [0.1, 0.15) is 0 Å². The molecule has 2 N–H and O–H groups in total. The highest BCUT2D eigenvalue weighted by Crippen LogP contribution is 2.34. The standard InChI is InChI=1S/C14H20N2O3/c1-2-3-4-7-15-9-14(17)16-11-5-6-12-13(8-11)19-10-18-12/h5-6,8,15H,2-4,7,9-10H2,1H3,(H,16,17). The summed E-state index contributed by atoms with van der Waals surface area (Å²) in [5.74, 6) is 1.35. The lowest BCUT2D eigenvalue weighted by atomic mass is 10.2. The summed E-state index contributed by atoms with van der Waals surface area (Å²) >= 11 is 0. The van der Waals surface area contributed by atoms with Gasteiger partial charge < -0.3 is 20.1 Å². The van der Waals surface area contributed by atoms with Crippen LogP contribution in [-0.2, 0) is 4.79 Å². The van der Waals surface area contributed by atoms with E-state index in [1.165, 1.54) is 12.8 Å². The molecule has 0 spiro atoms. The van der Waals surface area contributed by atoms with Crippen LogP contribution in [0.2, 0.25) is 0 Å². The number of carbonyl (C=O) groups excluding carboxylic acids is 1. The van der Waals surface area contributed by atoms with Crippen molar-refractivity contribution in [3.63, 3.8) is 0 Å². The molecule has 0 unspecified atom stereocenters. The SMILES string of the molecule is CCCCCNCC(=O)Nc1ccc2c(c1)OCO2. The normalized spacial score (nSPS) is 12.5. The molecule has 0 aromatic heterocycles. The first-order chi connectivity index (χ1) is 9.29. The number of rotatable bonds is 7. The maximum absolute atomic E-state index is 11.7. The van der Waals surface area contributed by atoms with Gasteiger partial charge in [0.25, 0.3) is 0 Å². The third-order valence-corrected chi connectivity index (χ3v) is 2.90. The first-order valence-corrected chi connectivity index (χ1v) is 6.70. The average molecular weight is 264 g/mol. The lowest BCUT2D eigenvalue weighted by molar-refractivity contribution is -0.115. The van der Waals surface area contributed by atoms with Gasteiger partial charge in [-0.15, -0.1) is 0 Å². The molecule has 0 bridgehead atoms. The van der Waals surface area contributed by atoms with Gasteiger partial charge in [-0.05, 0) is 25.1 Å². The molecule has 1 aromatic rings. The maximum atomic E-state index is 11.7. The van der Waals surface area contributed by atoms with Crippen molar-refractivity contribution >= 4 is 11.6 Å². The van der Waals surface area contributed by atoms with E-state index in [-0.39, 0.29) is 12.7 Å². The van der Waals surface area contributed by atoms with E-state index in [0.29, 0.717) is 12.3 Å². The zero-order valence-corrected chi connectivity index (χ0v) is 11.2. The van der Waals surface area contributed by atoms with Crippen LogP contribution in [0, 0.1) is 0 Å². The molecule has 0 atom stereocenters. The Hall–Kier alpha value is -1.75. The summed E-state index contributed by atoms with van der Waals surface area (Å²) in [4.78, 5) is 11.7. The minimum atomic E-state index is -0.0460. The van der Waals surface area contributed by atoms with Crippen LogP contribution < -0.4 is 20.1 Å². The zero-order valence-electron chi connectivity index (χ0n) is 11.2. The lowest BCUT2D eigenvalue weighted by Gasteiger charge is -2.07. The van der Waals surface area contributed by atoms with Crippen LogP contribution in [0.1, 0.15) is 26.2 Å². The summed E-state index contributed by atoms with van der Waals surface area (Å²) in [6, 6.07) is 5.38. The van der Waals surface area contributed by atoms with Crippen molar-refractivity contribution in [1.29, 1.82) is 0 Å². The molecule has 1 heterocycles. The van der Waals surface area contributed by atoms with E-state index < -0.39 is 0 Å². The quantitative estimate of drug-likeness (QED) is 0.741. The van der Waals surface area contributed by atoms with Gasteiger partial charge in [0.2, 0.25) is 12.7 Å². The second kappa shape index (κ2) is 6.99. The molecular formula is C14H20N2O3. The zero-order chi connectivity index (χ0) is 13.5. The van der Waals surface area contributed by atoms with Crippen LogP contribution in [0.4, 0.5) is 5.69 Å². The first kappa shape index (κ1) is 13.7. The van der Waals surface area contributed by atoms with E-state index in [0.717, 1.165) is 24.4 Å². The van der Waals surface area contributed by atoms with Gasteiger partial charge in [0, 0.05) is 11.8 Å². The Morgan fingerprint density at radius 1 is 1.26 bits per heavy atom. The Kier molecular flexibility index (Phi) is 5.03. The van der Waals surface area contributed by atoms with Crippen LogP contribution in [0.15, 0.2) is 18.2 Å². The van der Waals surface area contributed by atoms with E-state index >= 15 is 0 Å². The van der Waals surface area contributed by atoms with Crippen molar-refractivity contribution < 1.29 is 14.3 Å². The molecule has 0 saturated heterocycles. The van der Waals surface area contributed by atoms with Crippen molar-refractivity contribution in [3.05, 3.63) is 18.2 Å². The van der Waals surface area contributed by atoms with Crippen LogP contribution >= 0.6 is 0 Å². The van der Waals surface area contributed by atoms with Gasteiger partial charge in [-0.2, -0.15) is 0 Å². The molecule has 0 saturated carbocycles. The largest absolute Gasteiger partial charge is 0.454 e. The minimum absolute atomic E-state index is 0.0460. The Labute approximate surface area is 113 Å². The Balaban J connectivity index is 1.73. The third kappa shape index (κ3) is 4.13. The molecular weight excluding hydrogens is 244 g/mol. The molecule has 2 rings (SSSR count). The van der Waals surface area contributed by atoms with E-state index in [9.17, 15) is 4.79 Å². The molecule has 5 heteroatoms. The molecule has 0 radical (unpaired) electrons. The smallest absolute Gasteiger partial charge is 0.238 e. The summed E-state index contributed by atoms with van der Waals surface area (Å²) in [5.41, 5.74) is 0.726. The predicted molar refractivity (Wildman–Crippen MR) is 73.6 cm³/mol. The van der Waals surface area contributed by atoms with Crippen LogP contribution in [0.3, 0.4) is 0 Å². The number of fused-ring (bicyclic) bond motifs is 1. The van der Waals surface area contributed by atoms with E-state index in [1.807, 2.05) is 6.07 Å². The van der Waals surface area contributed by atoms with Gasteiger partial charge in [0.05, 0.1) is 6.54 Å². The van der Waals surface area contributed by atoms with Crippen molar-refractivity contribution in [2.75, 3.05) is 25.2 Å². The van der Waals surface area contributed by atoms with Crippen LogP contribution in [0.5, 0.6) is 11.5 Å². The van der Waals surface area contributed by atoms with Crippen LogP contribution in [0.25, 0.3) is 0 Å². The molecule has 0 fully saturated rings.